The van der Waals surface area contributed by atoms with Crippen LogP contribution in [0.4, 0.5) is 5.69 Å². The van der Waals surface area contributed by atoms with Gasteiger partial charge in [0.05, 0.1) is 10.7 Å². The number of benzene rings is 1. The largest absolute Gasteiger partial charge is 0.318 e. The van der Waals surface area contributed by atoms with Crippen molar-refractivity contribution in [1.82, 2.24) is 10.0 Å². The highest BCUT2D eigenvalue weighted by molar-refractivity contribution is 7.88. The molecule has 0 amide bonds. The summed E-state index contributed by atoms with van der Waals surface area (Å²) in [7, 11) is -1.67. The molecule has 1 rings (SSSR count). The maximum atomic E-state index is 11.6. The molecule has 2 N–H and O–H groups in total. The Kier molecular flexibility index (Phi) is 5.20. The summed E-state index contributed by atoms with van der Waals surface area (Å²) in [6.07, 6.45) is 0. The Bertz CT molecular complexity index is 498. The van der Waals surface area contributed by atoms with Gasteiger partial charge in [0.15, 0.2) is 0 Å². The molecular formula is C10H15N3O4S. The van der Waals surface area contributed by atoms with E-state index in [0.29, 0.717) is 18.7 Å². The van der Waals surface area contributed by atoms with E-state index in [2.05, 4.69) is 10.0 Å². The molecule has 0 heterocycles. The van der Waals surface area contributed by atoms with Gasteiger partial charge in [-0.3, -0.25) is 10.1 Å². The maximum absolute atomic E-state index is 11.6. The Morgan fingerprint density at radius 3 is 2.33 bits per heavy atom. The average Bonchev–Trinajstić information content (AvgIpc) is 2.29. The molecule has 7 nitrogen and oxygen atoms in total. The minimum Gasteiger partial charge on any atom is -0.318 e. The molecule has 0 aliphatic heterocycles. The molecule has 1 aromatic rings. The summed E-state index contributed by atoms with van der Waals surface area (Å²) >= 11 is 0. The van der Waals surface area contributed by atoms with Crippen LogP contribution in [0.1, 0.15) is 5.56 Å². The molecule has 0 fully saturated rings. The zero-order valence-electron chi connectivity index (χ0n) is 9.92. The number of hydrogen-bond acceptors (Lipinski definition) is 5. The van der Waals surface area contributed by atoms with Gasteiger partial charge in [-0.15, -0.1) is 0 Å². The fraction of sp³-hybridized carbons (Fsp3) is 0.400. The number of likely N-dealkylation sites (N-methyl/N-ethyl adjacent to an activating group) is 1. The fourth-order valence-corrected chi connectivity index (χ4v) is 2.46. The maximum Gasteiger partial charge on any atom is 0.269 e. The van der Waals surface area contributed by atoms with E-state index >= 15 is 0 Å². The Hall–Kier alpha value is -1.51. The number of nitrogens with zero attached hydrogens (tertiary/aromatic N) is 1. The van der Waals surface area contributed by atoms with Crippen molar-refractivity contribution < 1.29 is 13.3 Å². The average molecular weight is 273 g/mol. The van der Waals surface area contributed by atoms with Crippen molar-refractivity contribution in [2.75, 3.05) is 20.1 Å². The quantitative estimate of drug-likeness (QED) is 0.421. The van der Waals surface area contributed by atoms with Crippen molar-refractivity contribution in [3.05, 3.63) is 39.9 Å². The van der Waals surface area contributed by atoms with Crippen molar-refractivity contribution in [2.45, 2.75) is 5.75 Å². The van der Waals surface area contributed by atoms with Gasteiger partial charge in [-0.05, 0) is 12.6 Å². The summed E-state index contributed by atoms with van der Waals surface area (Å²) in [5.41, 5.74) is 0.455. The summed E-state index contributed by atoms with van der Waals surface area (Å²) < 4.78 is 25.7. The lowest BCUT2D eigenvalue weighted by atomic mass is 10.2. The molecule has 0 saturated carbocycles. The van der Waals surface area contributed by atoms with Gasteiger partial charge in [-0.2, -0.15) is 0 Å². The van der Waals surface area contributed by atoms with Gasteiger partial charge >= 0.3 is 0 Å². The van der Waals surface area contributed by atoms with E-state index in [4.69, 9.17) is 0 Å². The minimum absolute atomic E-state index is 0.0562. The van der Waals surface area contributed by atoms with Gasteiger partial charge in [0.1, 0.15) is 0 Å². The monoisotopic (exact) mass is 273 g/mol. The molecule has 0 bridgehead atoms. The normalized spacial score (nSPS) is 11.4. The first kappa shape index (κ1) is 14.6. The van der Waals surface area contributed by atoms with Gasteiger partial charge in [0.2, 0.25) is 10.0 Å². The van der Waals surface area contributed by atoms with Crippen molar-refractivity contribution in [3.63, 3.8) is 0 Å². The van der Waals surface area contributed by atoms with Crippen LogP contribution in [0.5, 0.6) is 0 Å². The molecule has 0 saturated heterocycles. The predicted molar refractivity (Wildman–Crippen MR) is 67.6 cm³/mol. The van der Waals surface area contributed by atoms with Crippen LogP contribution in [0, 0.1) is 10.1 Å². The molecule has 0 aliphatic carbocycles. The minimum atomic E-state index is -3.40. The Morgan fingerprint density at radius 1 is 1.22 bits per heavy atom. The second-order valence-corrected chi connectivity index (χ2v) is 5.49. The topological polar surface area (TPSA) is 101 Å². The highest BCUT2D eigenvalue weighted by atomic mass is 32.2. The zero-order valence-corrected chi connectivity index (χ0v) is 10.7. The summed E-state index contributed by atoms with van der Waals surface area (Å²) in [4.78, 5) is 9.92. The lowest BCUT2D eigenvalue weighted by molar-refractivity contribution is -0.384. The summed E-state index contributed by atoms with van der Waals surface area (Å²) in [6.45, 7) is 0.852. The third-order valence-corrected chi connectivity index (χ3v) is 3.56. The predicted octanol–water partition coefficient (Wildman–Crippen LogP) is 0.234. The fourth-order valence-electron chi connectivity index (χ4n) is 1.32. The van der Waals surface area contributed by atoms with Crippen LogP contribution in [0.15, 0.2) is 24.3 Å². The summed E-state index contributed by atoms with van der Waals surface area (Å²) in [5.74, 6) is -0.186. The first-order valence-electron chi connectivity index (χ1n) is 5.30. The van der Waals surface area contributed by atoms with E-state index in [1.54, 1.807) is 7.05 Å². The van der Waals surface area contributed by atoms with E-state index in [-0.39, 0.29) is 11.4 Å². The number of nitro benzene ring substituents is 1. The Morgan fingerprint density at radius 2 is 1.83 bits per heavy atom. The number of nitro groups is 1. The van der Waals surface area contributed by atoms with Crippen molar-refractivity contribution in [3.8, 4) is 0 Å². The van der Waals surface area contributed by atoms with Gasteiger partial charge in [-0.25, -0.2) is 13.1 Å². The first-order chi connectivity index (χ1) is 8.44. The van der Waals surface area contributed by atoms with Crippen molar-refractivity contribution >= 4 is 15.7 Å². The number of non-ortho nitro benzene ring substituents is 1. The highest BCUT2D eigenvalue weighted by Gasteiger charge is 2.12. The number of nitrogens with one attached hydrogen (secondary N) is 2. The van der Waals surface area contributed by atoms with Crippen molar-refractivity contribution in [1.29, 1.82) is 0 Å². The molecular weight excluding hydrogens is 258 g/mol. The molecule has 0 spiro atoms. The van der Waals surface area contributed by atoms with Crippen LogP contribution in [-0.2, 0) is 15.8 Å². The SMILES string of the molecule is CNCCNS(=O)(=O)Cc1ccc([N+](=O)[O-])cc1. The highest BCUT2D eigenvalue weighted by Crippen LogP contribution is 2.13. The number of rotatable bonds is 7. The molecule has 0 radical (unpaired) electrons. The Balaban J connectivity index is 2.63. The molecule has 0 aromatic heterocycles. The van der Waals surface area contributed by atoms with Gasteiger partial charge in [0, 0.05) is 25.2 Å². The van der Waals surface area contributed by atoms with Gasteiger partial charge in [-0.1, -0.05) is 12.1 Å². The standard InChI is InChI=1S/C10H15N3O4S/c1-11-6-7-12-18(16,17)8-9-2-4-10(5-3-9)13(14)15/h2-5,11-12H,6-8H2,1H3. The molecule has 8 heteroatoms. The van der Waals surface area contributed by atoms with Crippen LogP contribution in [0.3, 0.4) is 0 Å². The molecule has 0 atom stereocenters. The molecule has 18 heavy (non-hydrogen) atoms. The number of hydrogen-bond donors (Lipinski definition) is 2. The van der Waals surface area contributed by atoms with Crippen LogP contribution >= 0.6 is 0 Å². The molecule has 0 unspecified atom stereocenters. The number of sulfonamides is 1. The Labute approximate surface area is 105 Å². The zero-order chi connectivity index (χ0) is 13.6. The third kappa shape index (κ3) is 4.78. The van der Waals surface area contributed by atoms with E-state index in [9.17, 15) is 18.5 Å². The van der Waals surface area contributed by atoms with Gasteiger partial charge < -0.3 is 5.32 Å². The lowest BCUT2D eigenvalue weighted by Gasteiger charge is -2.06. The molecule has 100 valence electrons. The summed E-state index contributed by atoms with van der Waals surface area (Å²) in [5, 5.41) is 13.3. The first-order valence-corrected chi connectivity index (χ1v) is 6.95. The van der Waals surface area contributed by atoms with Crippen LogP contribution < -0.4 is 10.0 Å². The summed E-state index contributed by atoms with van der Waals surface area (Å²) in [6, 6.07) is 5.46. The van der Waals surface area contributed by atoms with Crippen molar-refractivity contribution in [2.24, 2.45) is 0 Å². The second kappa shape index (κ2) is 6.43. The van der Waals surface area contributed by atoms with Gasteiger partial charge in [0.25, 0.3) is 5.69 Å². The second-order valence-electron chi connectivity index (χ2n) is 3.68. The molecule has 1 aromatic carbocycles. The van der Waals surface area contributed by atoms with E-state index < -0.39 is 14.9 Å². The van der Waals surface area contributed by atoms with E-state index in [1.165, 1.54) is 24.3 Å². The van der Waals surface area contributed by atoms with Crippen LogP contribution in [0.2, 0.25) is 0 Å². The lowest BCUT2D eigenvalue weighted by Crippen LogP contribution is -2.31. The van der Waals surface area contributed by atoms with Crippen LogP contribution in [0.25, 0.3) is 0 Å². The van der Waals surface area contributed by atoms with Crippen LogP contribution in [-0.4, -0.2) is 33.5 Å². The third-order valence-electron chi connectivity index (χ3n) is 2.20. The van der Waals surface area contributed by atoms with E-state index in [1.807, 2.05) is 0 Å². The smallest absolute Gasteiger partial charge is 0.269 e. The molecule has 0 aliphatic rings. The van der Waals surface area contributed by atoms with E-state index in [0.717, 1.165) is 0 Å².